The third-order valence-electron chi connectivity index (χ3n) is 4.36. The highest BCUT2D eigenvalue weighted by Gasteiger charge is 2.22. The standard InChI is InChI=1S/C20H24N2O2/c1-2-11-24-17-7-3-6-15(13-17)20(23)22-19-8-4-5-14-12-16(21)9-10-18(14)19/h3,6-7,9-10,12-13,19H,2,4-5,8,11,21H2,1H3,(H,22,23). The number of carbonyl (C=O) groups excluding carboxylic acids is 1. The number of nitrogens with one attached hydrogen (secondary N) is 1. The van der Waals surface area contributed by atoms with Crippen molar-refractivity contribution >= 4 is 11.6 Å². The van der Waals surface area contributed by atoms with Crippen molar-refractivity contribution in [1.29, 1.82) is 0 Å². The Balaban J connectivity index is 1.74. The Morgan fingerprint density at radius 1 is 1.29 bits per heavy atom. The van der Waals surface area contributed by atoms with Gasteiger partial charge in [0.1, 0.15) is 5.75 Å². The molecule has 1 unspecified atom stereocenters. The van der Waals surface area contributed by atoms with Crippen LogP contribution in [0.1, 0.15) is 53.7 Å². The molecule has 1 aliphatic rings. The summed E-state index contributed by atoms with van der Waals surface area (Å²) < 4.78 is 5.61. The molecule has 0 fully saturated rings. The van der Waals surface area contributed by atoms with Crippen molar-refractivity contribution in [3.63, 3.8) is 0 Å². The number of hydrogen-bond donors (Lipinski definition) is 2. The lowest BCUT2D eigenvalue weighted by molar-refractivity contribution is 0.0932. The molecule has 1 amide bonds. The van der Waals surface area contributed by atoms with Gasteiger partial charge in [-0.25, -0.2) is 0 Å². The molecule has 0 heterocycles. The first kappa shape index (κ1) is 16.4. The summed E-state index contributed by atoms with van der Waals surface area (Å²) in [6, 6.07) is 13.4. The van der Waals surface area contributed by atoms with Crippen molar-refractivity contribution in [3.8, 4) is 5.75 Å². The topological polar surface area (TPSA) is 64.3 Å². The zero-order chi connectivity index (χ0) is 16.9. The molecule has 4 nitrogen and oxygen atoms in total. The molecule has 0 aromatic heterocycles. The average molecular weight is 324 g/mol. The van der Waals surface area contributed by atoms with Gasteiger partial charge in [0.05, 0.1) is 12.6 Å². The van der Waals surface area contributed by atoms with E-state index in [1.54, 1.807) is 6.07 Å². The Bertz CT molecular complexity index is 727. The van der Waals surface area contributed by atoms with E-state index in [2.05, 4.69) is 12.2 Å². The van der Waals surface area contributed by atoms with Gasteiger partial charge in [-0.05, 0) is 67.1 Å². The molecule has 0 aliphatic heterocycles. The van der Waals surface area contributed by atoms with Crippen LogP contribution in [0.4, 0.5) is 5.69 Å². The molecule has 0 radical (unpaired) electrons. The molecule has 3 N–H and O–H groups in total. The number of nitrogen functional groups attached to an aromatic ring is 1. The van der Waals surface area contributed by atoms with Crippen LogP contribution in [0.2, 0.25) is 0 Å². The van der Waals surface area contributed by atoms with E-state index in [0.717, 1.165) is 37.1 Å². The van der Waals surface area contributed by atoms with Gasteiger partial charge in [0.2, 0.25) is 0 Å². The second-order valence-electron chi connectivity index (χ2n) is 6.25. The molecule has 0 saturated heterocycles. The van der Waals surface area contributed by atoms with Gasteiger partial charge in [-0.15, -0.1) is 0 Å². The summed E-state index contributed by atoms with van der Waals surface area (Å²) in [5.74, 6) is 0.674. The number of fused-ring (bicyclic) bond motifs is 1. The normalized spacial score (nSPS) is 16.3. The molecular formula is C20H24N2O2. The number of anilines is 1. The Labute approximate surface area is 143 Å². The maximum atomic E-state index is 12.6. The molecule has 1 aliphatic carbocycles. The van der Waals surface area contributed by atoms with Crippen molar-refractivity contribution < 1.29 is 9.53 Å². The Morgan fingerprint density at radius 2 is 2.17 bits per heavy atom. The minimum Gasteiger partial charge on any atom is -0.494 e. The fourth-order valence-corrected chi connectivity index (χ4v) is 3.17. The highest BCUT2D eigenvalue weighted by molar-refractivity contribution is 5.94. The number of nitrogens with two attached hydrogens (primary N) is 1. The van der Waals surface area contributed by atoms with Crippen molar-refractivity contribution in [2.45, 2.75) is 38.6 Å². The van der Waals surface area contributed by atoms with E-state index in [1.807, 2.05) is 36.4 Å². The lowest BCUT2D eigenvalue weighted by atomic mass is 9.87. The molecule has 2 aromatic carbocycles. The van der Waals surface area contributed by atoms with Crippen LogP contribution in [-0.2, 0) is 6.42 Å². The largest absolute Gasteiger partial charge is 0.494 e. The highest BCUT2D eigenvalue weighted by atomic mass is 16.5. The van der Waals surface area contributed by atoms with Crippen LogP contribution >= 0.6 is 0 Å². The monoisotopic (exact) mass is 324 g/mol. The summed E-state index contributed by atoms with van der Waals surface area (Å²) in [5, 5.41) is 3.16. The van der Waals surface area contributed by atoms with Gasteiger partial charge in [-0.3, -0.25) is 4.79 Å². The van der Waals surface area contributed by atoms with E-state index >= 15 is 0 Å². The summed E-state index contributed by atoms with van der Waals surface area (Å²) >= 11 is 0. The predicted octanol–water partition coefficient (Wildman–Crippen LogP) is 3.87. The molecule has 126 valence electrons. The van der Waals surface area contributed by atoms with Gasteiger partial charge >= 0.3 is 0 Å². The Hall–Kier alpha value is -2.49. The number of carbonyl (C=O) groups is 1. The van der Waals surface area contributed by atoms with E-state index in [1.165, 1.54) is 11.1 Å². The van der Waals surface area contributed by atoms with Gasteiger partial charge in [0.15, 0.2) is 0 Å². The number of ether oxygens (including phenoxy) is 1. The van der Waals surface area contributed by atoms with E-state index < -0.39 is 0 Å². The first-order chi connectivity index (χ1) is 11.7. The number of aryl methyl sites for hydroxylation is 1. The van der Waals surface area contributed by atoms with Crippen molar-refractivity contribution in [3.05, 3.63) is 59.2 Å². The molecule has 0 spiro atoms. The molecule has 0 saturated carbocycles. The molecule has 3 rings (SSSR count). The second-order valence-corrected chi connectivity index (χ2v) is 6.25. The lowest BCUT2D eigenvalue weighted by Gasteiger charge is -2.26. The zero-order valence-electron chi connectivity index (χ0n) is 14.0. The third kappa shape index (κ3) is 3.70. The van der Waals surface area contributed by atoms with Crippen molar-refractivity contribution in [2.24, 2.45) is 0 Å². The van der Waals surface area contributed by atoms with Crippen LogP contribution in [0.15, 0.2) is 42.5 Å². The summed E-state index contributed by atoms with van der Waals surface area (Å²) in [7, 11) is 0. The molecule has 4 heteroatoms. The van der Waals surface area contributed by atoms with Crippen LogP contribution in [0.3, 0.4) is 0 Å². The fraction of sp³-hybridized carbons (Fsp3) is 0.350. The van der Waals surface area contributed by atoms with E-state index in [-0.39, 0.29) is 11.9 Å². The van der Waals surface area contributed by atoms with Crippen LogP contribution < -0.4 is 15.8 Å². The maximum absolute atomic E-state index is 12.6. The molecular weight excluding hydrogens is 300 g/mol. The summed E-state index contributed by atoms with van der Waals surface area (Å²) in [6.45, 7) is 2.71. The smallest absolute Gasteiger partial charge is 0.251 e. The SMILES string of the molecule is CCCOc1cccc(C(=O)NC2CCCc3cc(N)ccc32)c1. The number of hydrogen-bond acceptors (Lipinski definition) is 3. The highest BCUT2D eigenvalue weighted by Crippen LogP contribution is 2.31. The maximum Gasteiger partial charge on any atom is 0.251 e. The number of benzene rings is 2. The lowest BCUT2D eigenvalue weighted by Crippen LogP contribution is -2.31. The van der Waals surface area contributed by atoms with Crippen LogP contribution in [0.5, 0.6) is 5.75 Å². The Morgan fingerprint density at radius 3 is 3.00 bits per heavy atom. The van der Waals surface area contributed by atoms with Crippen LogP contribution in [0.25, 0.3) is 0 Å². The van der Waals surface area contributed by atoms with Crippen LogP contribution in [0, 0.1) is 0 Å². The second kappa shape index (κ2) is 7.39. The number of amides is 1. The predicted molar refractivity (Wildman–Crippen MR) is 96.2 cm³/mol. The summed E-state index contributed by atoms with van der Waals surface area (Å²) in [5.41, 5.74) is 9.71. The van der Waals surface area contributed by atoms with Gasteiger partial charge in [-0.1, -0.05) is 19.1 Å². The third-order valence-corrected chi connectivity index (χ3v) is 4.36. The van der Waals surface area contributed by atoms with Gasteiger partial charge in [0.25, 0.3) is 5.91 Å². The molecule has 0 bridgehead atoms. The fourth-order valence-electron chi connectivity index (χ4n) is 3.17. The number of rotatable bonds is 5. The zero-order valence-corrected chi connectivity index (χ0v) is 14.0. The van der Waals surface area contributed by atoms with Crippen molar-refractivity contribution in [1.82, 2.24) is 5.32 Å². The van der Waals surface area contributed by atoms with E-state index in [9.17, 15) is 4.79 Å². The minimum atomic E-state index is -0.0633. The summed E-state index contributed by atoms with van der Waals surface area (Å²) in [4.78, 5) is 12.6. The molecule has 24 heavy (non-hydrogen) atoms. The molecule has 2 aromatic rings. The average Bonchev–Trinajstić information content (AvgIpc) is 2.60. The van der Waals surface area contributed by atoms with Crippen molar-refractivity contribution in [2.75, 3.05) is 12.3 Å². The van der Waals surface area contributed by atoms with Gasteiger partial charge < -0.3 is 15.8 Å². The quantitative estimate of drug-likeness (QED) is 0.821. The summed E-state index contributed by atoms with van der Waals surface area (Å²) in [6.07, 6.45) is 3.97. The Kier molecular flexibility index (Phi) is 5.04. The molecule has 1 atom stereocenters. The first-order valence-corrected chi connectivity index (χ1v) is 8.59. The first-order valence-electron chi connectivity index (χ1n) is 8.59. The minimum absolute atomic E-state index is 0.0436. The van der Waals surface area contributed by atoms with Gasteiger partial charge in [-0.2, -0.15) is 0 Å². The van der Waals surface area contributed by atoms with Crippen LogP contribution in [-0.4, -0.2) is 12.5 Å². The van der Waals surface area contributed by atoms with E-state index in [0.29, 0.717) is 12.2 Å². The van der Waals surface area contributed by atoms with Gasteiger partial charge in [0, 0.05) is 11.3 Å². The van der Waals surface area contributed by atoms with E-state index in [4.69, 9.17) is 10.5 Å².